The second-order valence-corrected chi connectivity index (χ2v) is 12.7. The van der Waals surface area contributed by atoms with Crippen LogP contribution in [0, 0.1) is 0 Å². The lowest BCUT2D eigenvalue weighted by atomic mass is 10.0. The standard InChI is InChI=1S/C34H56S2/c1-3-5-7-9-11-13-15-17-19-21-23-31-27-29-35-33(31)25-26-34-32(28-30-36-34)24-22-20-18-16-14-12-10-8-6-4-2/h25-30H,3-24H2,1-2H3. The van der Waals surface area contributed by atoms with Crippen LogP contribution in [0.1, 0.15) is 163 Å². The van der Waals surface area contributed by atoms with Crippen molar-refractivity contribution in [3.63, 3.8) is 0 Å². The van der Waals surface area contributed by atoms with E-state index in [1.807, 2.05) is 22.7 Å². The van der Waals surface area contributed by atoms with Crippen LogP contribution < -0.4 is 0 Å². The number of aryl methyl sites for hydroxylation is 2. The Bertz CT molecular complexity index is 701. The molecule has 0 aliphatic rings. The van der Waals surface area contributed by atoms with Gasteiger partial charge < -0.3 is 0 Å². The van der Waals surface area contributed by atoms with Crippen molar-refractivity contribution in [1.29, 1.82) is 0 Å². The Morgan fingerprint density at radius 3 is 1.08 bits per heavy atom. The predicted molar refractivity (Wildman–Crippen MR) is 169 cm³/mol. The minimum absolute atomic E-state index is 1.25. The highest BCUT2D eigenvalue weighted by Crippen LogP contribution is 2.26. The summed E-state index contributed by atoms with van der Waals surface area (Å²) in [5, 5.41) is 4.56. The average Bonchev–Trinajstić information content (AvgIpc) is 3.54. The second-order valence-electron chi connectivity index (χ2n) is 10.8. The SMILES string of the molecule is CCCCCCCCCCCCc1ccsc1C=Cc1sccc1CCCCCCCCCCCC. The molecule has 2 rings (SSSR count). The average molecular weight is 529 g/mol. The molecule has 0 saturated carbocycles. The Balaban J connectivity index is 1.59. The molecule has 2 heteroatoms. The van der Waals surface area contributed by atoms with E-state index in [1.165, 1.54) is 151 Å². The van der Waals surface area contributed by atoms with Gasteiger partial charge in [-0.05, 0) is 71.9 Å². The highest BCUT2D eigenvalue weighted by molar-refractivity contribution is 7.12. The van der Waals surface area contributed by atoms with Gasteiger partial charge in [0.25, 0.3) is 0 Å². The summed E-state index contributed by atoms with van der Waals surface area (Å²) in [6.07, 6.45) is 35.6. The van der Waals surface area contributed by atoms with E-state index in [0.29, 0.717) is 0 Å². The molecule has 2 aromatic heterocycles. The van der Waals surface area contributed by atoms with E-state index in [2.05, 4.69) is 48.9 Å². The summed E-state index contributed by atoms with van der Waals surface area (Å²) in [5.41, 5.74) is 3.12. The summed E-state index contributed by atoms with van der Waals surface area (Å²) >= 11 is 3.82. The summed E-state index contributed by atoms with van der Waals surface area (Å²) in [5.74, 6) is 0. The molecule has 0 unspecified atom stereocenters. The van der Waals surface area contributed by atoms with E-state index in [1.54, 1.807) is 11.1 Å². The van der Waals surface area contributed by atoms with Crippen molar-refractivity contribution in [2.45, 2.75) is 155 Å². The monoisotopic (exact) mass is 528 g/mol. The van der Waals surface area contributed by atoms with E-state index in [9.17, 15) is 0 Å². The number of thiophene rings is 2. The smallest absolute Gasteiger partial charge is 0.0302 e. The van der Waals surface area contributed by atoms with Crippen LogP contribution in [0.4, 0.5) is 0 Å². The highest BCUT2D eigenvalue weighted by Gasteiger charge is 2.05. The van der Waals surface area contributed by atoms with Gasteiger partial charge >= 0.3 is 0 Å². The molecule has 204 valence electrons. The summed E-state index contributed by atoms with van der Waals surface area (Å²) in [7, 11) is 0. The molecule has 0 radical (unpaired) electrons. The van der Waals surface area contributed by atoms with Gasteiger partial charge in [-0.15, -0.1) is 22.7 Å². The van der Waals surface area contributed by atoms with Crippen molar-refractivity contribution < 1.29 is 0 Å². The zero-order valence-corrected chi connectivity index (χ0v) is 25.5. The van der Waals surface area contributed by atoms with Crippen LogP contribution in [-0.2, 0) is 12.8 Å². The molecule has 36 heavy (non-hydrogen) atoms. The Morgan fingerprint density at radius 1 is 0.444 bits per heavy atom. The number of hydrogen-bond acceptors (Lipinski definition) is 2. The van der Waals surface area contributed by atoms with Crippen LogP contribution in [0.5, 0.6) is 0 Å². The minimum Gasteiger partial charge on any atom is -0.144 e. The van der Waals surface area contributed by atoms with Crippen LogP contribution >= 0.6 is 22.7 Å². The van der Waals surface area contributed by atoms with Gasteiger partial charge in [-0.25, -0.2) is 0 Å². The third-order valence-electron chi connectivity index (χ3n) is 7.55. The molecule has 0 fully saturated rings. The third-order valence-corrected chi connectivity index (χ3v) is 9.40. The quantitative estimate of drug-likeness (QED) is 0.119. The molecule has 0 spiro atoms. The van der Waals surface area contributed by atoms with E-state index in [4.69, 9.17) is 0 Å². The topological polar surface area (TPSA) is 0 Å². The van der Waals surface area contributed by atoms with Crippen molar-refractivity contribution in [2.24, 2.45) is 0 Å². The second kappa shape index (κ2) is 22.2. The molecule has 0 atom stereocenters. The van der Waals surface area contributed by atoms with E-state index >= 15 is 0 Å². The van der Waals surface area contributed by atoms with Crippen LogP contribution in [0.2, 0.25) is 0 Å². The first-order valence-electron chi connectivity index (χ1n) is 15.7. The third kappa shape index (κ3) is 14.8. The van der Waals surface area contributed by atoms with E-state index in [-0.39, 0.29) is 0 Å². The zero-order valence-electron chi connectivity index (χ0n) is 23.8. The first-order valence-corrected chi connectivity index (χ1v) is 17.4. The first kappa shape index (κ1) is 31.4. The van der Waals surface area contributed by atoms with Gasteiger partial charge in [0, 0.05) is 9.75 Å². The van der Waals surface area contributed by atoms with Crippen molar-refractivity contribution in [3.05, 3.63) is 43.8 Å². The van der Waals surface area contributed by atoms with Crippen LogP contribution in [0.15, 0.2) is 22.9 Å². The Hall–Kier alpha value is -0.860. The van der Waals surface area contributed by atoms with Crippen LogP contribution in [0.3, 0.4) is 0 Å². The molecule has 2 aromatic rings. The first-order chi connectivity index (χ1) is 17.8. The summed E-state index contributed by atoms with van der Waals surface area (Å²) in [6.45, 7) is 4.60. The molecule has 0 bridgehead atoms. The van der Waals surface area contributed by atoms with E-state index in [0.717, 1.165) is 0 Å². The molecule has 2 heterocycles. The lowest BCUT2D eigenvalue weighted by molar-refractivity contribution is 0.556. The molecule has 0 N–H and O–H groups in total. The van der Waals surface area contributed by atoms with Gasteiger partial charge in [0.15, 0.2) is 0 Å². The fourth-order valence-electron chi connectivity index (χ4n) is 5.16. The fraction of sp³-hybridized carbons (Fsp3) is 0.706. The maximum atomic E-state index is 2.39. The summed E-state index contributed by atoms with van der Waals surface area (Å²) in [6, 6.07) is 4.72. The molecule has 0 aliphatic carbocycles. The van der Waals surface area contributed by atoms with Gasteiger partial charge in [0.05, 0.1) is 0 Å². The molecule has 0 aromatic carbocycles. The zero-order chi connectivity index (χ0) is 25.5. The number of unbranched alkanes of at least 4 members (excludes halogenated alkanes) is 18. The van der Waals surface area contributed by atoms with Gasteiger partial charge in [0.2, 0.25) is 0 Å². The number of hydrogen-bond donors (Lipinski definition) is 0. The van der Waals surface area contributed by atoms with Crippen molar-refractivity contribution in [3.8, 4) is 0 Å². The van der Waals surface area contributed by atoms with Crippen LogP contribution in [0.25, 0.3) is 12.2 Å². The van der Waals surface area contributed by atoms with Gasteiger partial charge in [0.1, 0.15) is 0 Å². The maximum Gasteiger partial charge on any atom is 0.0302 e. The van der Waals surface area contributed by atoms with Crippen molar-refractivity contribution >= 4 is 34.8 Å². The molecule has 0 aliphatic heterocycles. The van der Waals surface area contributed by atoms with E-state index < -0.39 is 0 Å². The van der Waals surface area contributed by atoms with Crippen molar-refractivity contribution in [2.75, 3.05) is 0 Å². The van der Waals surface area contributed by atoms with Gasteiger partial charge in [-0.2, -0.15) is 0 Å². The molecule has 0 saturated heterocycles. The molecule has 0 nitrogen and oxygen atoms in total. The minimum atomic E-state index is 1.25. The molecule has 0 amide bonds. The maximum absolute atomic E-state index is 2.39. The predicted octanol–water partition coefficient (Wildman–Crippen LogP) is 12.9. The number of rotatable bonds is 24. The van der Waals surface area contributed by atoms with Gasteiger partial charge in [-0.3, -0.25) is 0 Å². The Morgan fingerprint density at radius 2 is 0.750 bits per heavy atom. The lowest BCUT2D eigenvalue weighted by Gasteiger charge is -2.04. The molecular formula is C34H56S2. The lowest BCUT2D eigenvalue weighted by Crippen LogP contribution is -1.87. The fourth-order valence-corrected chi connectivity index (χ4v) is 6.85. The summed E-state index contributed by atoms with van der Waals surface area (Å²) in [4.78, 5) is 2.95. The van der Waals surface area contributed by atoms with Crippen LogP contribution in [-0.4, -0.2) is 0 Å². The van der Waals surface area contributed by atoms with Gasteiger partial charge in [-0.1, -0.05) is 129 Å². The normalized spacial score (nSPS) is 11.7. The van der Waals surface area contributed by atoms with Crippen molar-refractivity contribution in [1.82, 2.24) is 0 Å². The summed E-state index contributed by atoms with van der Waals surface area (Å²) < 4.78 is 0. The molecular weight excluding hydrogens is 473 g/mol. The Labute approximate surface area is 233 Å². The highest BCUT2D eigenvalue weighted by atomic mass is 32.1. The Kier molecular flexibility index (Phi) is 19.3. The largest absolute Gasteiger partial charge is 0.144 e.